The van der Waals surface area contributed by atoms with Crippen LogP contribution in [0.15, 0.2) is 42.5 Å². The highest BCUT2D eigenvalue weighted by molar-refractivity contribution is 6.00. The van der Waals surface area contributed by atoms with Crippen LogP contribution in [0.3, 0.4) is 0 Å². The van der Waals surface area contributed by atoms with Crippen molar-refractivity contribution < 1.29 is 23.5 Å². The molecule has 1 aliphatic heterocycles. The Hall–Kier alpha value is -3.22. The summed E-state index contributed by atoms with van der Waals surface area (Å²) in [6, 6.07) is 12.1. The summed E-state index contributed by atoms with van der Waals surface area (Å²) in [5, 5.41) is 2.60. The first-order chi connectivity index (χ1) is 14.4. The molecule has 2 aromatic rings. The van der Waals surface area contributed by atoms with Gasteiger partial charge in [-0.3, -0.25) is 14.4 Å². The third kappa shape index (κ3) is 5.03. The standard InChI is InChI=1S/C23H25FN2O4/c1-15-6-5-9-20(16(15)2)26-13-18(12-22(26)28)23(29)30-14-21(27)25-11-10-17-7-3-4-8-19(17)24/h3-9,18H,10-14H2,1-2H3,(H,25,27)/t18-/m1/s1. The zero-order chi connectivity index (χ0) is 21.7. The number of rotatable bonds is 7. The molecule has 0 aromatic heterocycles. The smallest absolute Gasteiger partial charge is 0.311 e. The van der Waals surface area contributed by atoms with E-state index in [-0.39, 0.29) is 31.2 Å². The van der Waals surface area contributed by atoms with E-state index in [0.29, 0.717) is 12.0 Å². The van der Waals surface area contributed by atoms with Crippen molar-refractivity contribution in [2.24, 2.45) is 5.92 Å². The molecule has 1 N–H and O–H groups in total. The second kappa shape index (κ2) is 9.52. The van der Waals surface area contributed by atoms with Gasteiger partial charge in [0, 0.05) is 25.2 Å². The second-order valence-corrected chi connectivity index (χ2v) is 7.42. The minimum absolute atomic E-state index is 0.0567. The summed E-state index contributed by atoms with van der Waals surface area (Å²) in [4.78, 5) is 38.2. The third-order valence-corrected chi connectivity index (χ3v) is 5.35. The average molecular weight is 412 g/mol. The Balaban J connectivity index is 1.46. The molecule has 7 heteroatoms. The lowest BCUT2D eigenvalue weighted by Crippen LogP contribution is -2.32. The molecule has 1 atom stereocenters. The molecule has 158 valence electrons. The maximum Gasteiger partial charge on any atom is 0.311 e. The lowest BCUT2D eigenvalue weighted by atomic mass is 10.1. The summed E-state index contributed by atoms with van der Waals surface area (Å²) in [5.41, 5.74) is 3.36. The fourth-order valence-corrected chi connectivity index (χ4v) is 3.47. The summed E-state index contributed by atoms with van der Waals surface area (Å²) < 4.78 is 18.7. The first-order valence-electron chi connectivity index (χ1n) is 9.90. The molecule has 2 aromatic carbocycles. The summed E-state index contributed by atoms with van der Waals surface area (Å²) in [5.74, 6) is -2.10. The van der Waals surface area contributed by atoms with Gasteiger partial charge < -0.3 is 15.0 Å². The van der Waals surface area contributed by atoms with Gasteiger partial charge in [0.1, 0.15) is 5.82 Å². The molecule has 0 radical (unpaired) electrons. The van der Waals surface area contributed by atoms with Gasteiger partial charge in [-0.2, -0.15) is 0 Å². The Kier molecular flexibility index (Phi) is 6.82. The predicted molar refractivity (Wildman–Crippen MR) is 110 cm³/mol. The van der Waals surface area contributed by atoms with Crippen LogP contribution in [0, 0.1) is 25.6 Å². The van der Waals surface area contributed by atoms with Crippen LogP contribution in [0.1, 0.15) is 23.1 Å². The van der Waals surface area contributed by atoms with Crippen molar-refractivity contribution in [1.29, 1.82) is 0 Å². The van der Waals surface area contributed by atoms with E-state index >= 15 is 0 Å². The summed E-state index contributed by atoms with van der Waals surface area (Å²) in [6.07, 6.45) is 0.398. The van der Waals surface area contributed by atoms with Crippen LogP contribution in [0.5, 0.6) is 0 Å². The van der Waals surface area contributed by atoms with Crippen LogP contribution >= 0.6 is 0 Å². The number of esters is 1. The van der Waals surface area contributed by atoms with E-state index < -0.39 is 24.4 Å². The molecular formula is C23H25FN2O4. The number of anilines is 1. The van der Waals surface area contributed by atoms with E-state index in [1.54, 1.807) is 23.1 Å². The van der Waals surface area contributed by atoms with Gasteiger partial charge in [-0.15, -0.1) is 0 Å². The van der Waals surface area contributed by atoms with Gasteiger partial charge >= 0.3 is 5.97 Å². The number of aryl methyl sites for hydroxylation is 1. The van der Waals surface area contributed by atoms with Crippen molar-refractivity contribution in [1.82, 2.24) is 5.32 Å². The fraction of sp³-hybridized carbons (Fsp3) is 0.348. The van der Waals surface area contributed by atoms with E-state index in [4.69, 9.17) is 4.74 Å². The van der Waals surface area contributed by atoms with E-state index in [1.807, 2.05) is 32.0 Å². The molecule has 0 bridgehead atoms. The Labute approximate surface area is 175 Å². The zero-order valence-corrected chi connectivity index (χ0v) is 17.1. The fourth-order valence-electron chi connectivity index (χ4n) is 3.47. The number of halogens is 1. The molecule has 1 aliphatic rings. The van der Waals surface area contributed by atoms with E-state index in [1.165, 1.54) is 6.07 Å². The van der Waals surface area contributed by atoms with Crippen molar-refractivity contribution in [3.8, 4) is 0 Å². The Bertz CT molecular complexity index is 960. The largest absolute Gasteiger partial charge is 0.455 e. The molecule has 1 heterocycles. The van der Waals surface area contributed by atoms with Gasteiger partial charge in [-0.05, 0) is 49.1 Å². The van der Waals surface area contributed by atoms with Crippen LogP contribution in [-0.2, 0) is 25.5 Å². The number of carbonyl (C=O) groups excluding carboxylic acids is 3. The average Bonchev–Trinajstić information content (AvgIpc) is 3.11. The summed E-state index contributed by atoms with van der Waals surface area (Å²) in [7, 11) is 0. The highest BCUT2D eigenvalue weighted by Gasteiger charge is 2.37. The molecule has 0 aliphatic carbocycles. The summed E-state index contributed by atoms with van der Waals surface area (Å²) >= 11 is 0. The lowest BCUT2D eigenvalue weighted by molar-refractivity contribution is -0.152. The van der Waals surface area contributed by atoms with Crippen molar-refractivity contribution in [3.05, 3.63) is 65.0 Å². The number of amides is 2. The third-order valence-electron chi connectivity index (χ3n) is 5.35. The molecule has 1 saturated heterocycles. The van der Waals surface area contributed by atoms with E-state index in [0.717, 1.165) is 16.8 Å². The lowest BCUT2D eigenvalue weighted by Gasteiger charge is -2.20. The monoisotopic (exact) mass is 412 g/mol. The maximum atomic E-state index is 13.6. The molecule has 1 fully saturated rings. The molecule has 2 amide bonds. The minimum Gasteiger partial charge on any atom is -0.455 e. The highest BCUT2D eigenvalue weighted by Crippen LogP contribution is 2.29. The first-order valence-corrected chi connectivity index (χ1v) is 9.90. The van der Waals surface area contributed by atoms with Crippen molar-refractivity contribution in [3.63, 3.8) is 0 Å². The topological polar surface area (TPSA) is 75.7 Å². The minimum atomic E-state index is -0.608. The quantitative estimate of drug-likeness (QED) is 0.710. The van der Waals surface area contributed by atoms with Gasteiger partial charge in [0.25, 0.3) is 5.91 Å². The predicted octanol–water partition coefficient (Wildman–Crippen LogP) is 2.70. The van der Waals surface area contributed by atoms with Gasteiger partial charge in [-0.1, -0.05) is 30.3 Å². The Morgan fingerprint density at radius 3 is 2.70 bits per heavy atom. The molecule has 6 nitrogen and oxygen atoms in total. The van der Waals surface area contributed by atoms with Gasteiger partial charge in [-0.25, -0.2) is 4.39 Å². The molecule has 0 unspecified atom stereocenters. The van der Waals surface area contributed by atoms with Crippen LogP contribution in [0.2, 0.25) is 0 Å². The van der Waals surface area contributed by atoms with Crippen LogP contribution in [-0.4, -0.2) is 37.5 Å². The van der Waals surface area contributed by atoms with Crippen molar-refractivity contribution in [2.75, 3.05) is 24.6 Å². The highest BCUT2D eigenvalue weighted by atomic mass is 19.1. The number of nitrogens with one attached hydrogen (secondary N) is 1. The number of nitrogens with zero attached hydrogens (tertiary/aromatic N) is 1. The number of carbonyl (C=O) groups is 3. The second-order valence-electron chi connectivity index (χ2n) is 7.42. The van der Waals surface area contributed by atoms with Gasteiger partial charge in [0.05, 0.1) is 5.92 Å². The number of hydrogen-bond donors (Lipinski definition) is 1. The summed E-state index contributed by atoms with van der Waals surface area (Å²) in [6.45, 7) is 3.95. The number of benzene rings is 2. The van der Waals surface area contributed by atoms with Crippen molar-refractivity contribution in [2.45, 2.75) is 26.7 Å². The van der Waals surface area contributed by atoms with Crippen molar-refractivity contribution >= 4 is 23.5 Å². The molecule has 0 spiro atoms. The van der Waals surface area contributed by atoms with Gasteiger partial charge in [0.15, 0.2) is 6.61 Å². The zero-order valence-electron chi connectivity index (χ0n) is 17.1. The molecule has 0 saturated carbocycles. The van der Waals surface area contributed by atoms with Crippen LogP contribution < -0.4 is 10.2 Å². The maximum absolute atomic E-state index is 13.6. The Morgan fingerprint density at radius 2 is 1.93 bits per heavy atom. The number of hydrogen-bond acceptors (Lipinski definition) is 4. The normalized spacial score (nSPS) is 15.9. The van der Waals surface area contributed by atoms with Gasteiger partial charge in [0.2, 0.25) is 5.91 Å². The SMILES string of the molecule is Cc1cccc(N2C[C@H](C(=O)OCC(=O)NCCc3ccccc3F)CC2=O)c1C. The Morgan fingerprint density at radius 1 is 1.17 bits per heavy atom. The van der Waals surface area contributed by atoms with E-state index in [2.05, 4.69) is 5.32 Å². The molecular weight excluding hydrogens is 387 g/mol. The molecule has 3 rings (SSSR count). The number of ether oxygens (including phenoxy) is 1. The van der Waals surface area contributed by atoms with Crippen LogP contribution in [0.4, 0.5) is 10.1 Å². The van der Waals surface area contributed by atoms with E-state index in [9.17, 15) is 18.8 Å². The molecule has 30 heavy (non-hydrogen) atoms. The van der Waals surface area contributed by atoms with Crippen LogP contribution in [0.25, 0.3) is 0 Å². The first kappa shape index (κ1) is 21.5.